The molecule has 2 aromatic rings. The highest BCUT2D eigenvalue weighted by molar-refractivity contribution is 7.13. The minimum absolute atomic E-state index is 0.174. The van der Waals surface area contributed by atoms with Gasteiger partial charge in [-0.25, -0.2) is 4.98 Å². The Labute approximate surface area is 172 Å². The van der Waals surface area contributed by atoms with E-state index in [9.17, 15) is 4.79 Å². The maximum atomic E-state index is 12.8. The van der Waals surface area contributed by atoms with Gasteiger partial charge in [-0.1, -0.05) is 24.3 Å². The van der Waals surface area contributed by atoms with Gasteiger partial charge in [0.15, 0.2) is 0 Å². The van der Waals surface area contributed by atoms with Crippen molar-refractivity contribution in [2.75, 3.05) is 26.2 Å². The lowest BCUT2D eigenvalue weighted by Gasteiger charge is -2.32. The Bertz CT molecular complexity index is 800. The van der Waals surface area contributed by atoms with Crippen molar-refractivity contribution in [2.45, 2.75) is 52.5 Å². The number of thiazole rings is 1. The van der Waals surface area contributed by atoms with Gasteiger partial charge in [0.25, 0.3) is 5.91 Å². The SMILES string of the molecule is Cc1nc(C)c(C(=O)N2CCC(Cc3ccc(CN4CCCC4)cc3)CC2)s1. The second-order valence-corrected chi connectivity index (χ2v) is 9.59. The van der Waals surface area contributed by atoms with Gasteiger partial charge in [-0.15, -0.1) is 11.3 Å². The van der Waals surface area contributed by atoms with E-state index in [4.69, 9.17) is 0 Å². The molecule has 0 unspecified atom stereocenters. The third-order valence-corrected chi connectivity index (χ3v) is 7.21. The molecule has 2 saturated heterocycles. The molecule has 0 spiro atoms. The molecule has 0 radical (unpaired) electrons. The summed E-state index contributed by atoms with van der Waals surface area (Å²) < 4.78 is 0. The molecular weight excluding hydrogens is 366 g/mol. The maximum Gasteiger partial charge on any atom is 0.265 e. The quantitative estimate of drug-likeness (QED) is 0.748. The molecule has 28 heavy (non-hydrogen) atoms. The summed E-state index contributed by atoms with van der Waals surface area (Å²) in [6, 6.07) is 9.24. The summed E-state index contributed by atoms with van der Waals surface area (Å²) in [5, 5.41) is 0.976. The largest absolute Gasteiger partial charge is 0.338 e. The Balaban J connectivity index is 1.27. The highest BCUT2D eigenvalue weighted by Crippen LogP contribution is 2.26. The van der Waals surface area contributed by atoms with Crippen LogP contribution >= 0.6 is 11.3 Å². The molecule has 150 valence electrons. The van der Waals surface area contributed by atoms with Crippen molar-refractivity contribution in [3.05, 3.63) is 51.0 Å². The molecule has 1 amide bonds. The molecule has 2 aliphatic rings. The molecule has 1 aromatic heterocycles. The first kappa shape index (κ1) is 19.6. The molecule has 3 heterocycles. The molecule has 0 saturated carbocycles. The van der Waals surface area contributed by atoms with Crippen LogP contribution < -0.4 is 0 Å². The molecule has 2 aliphatic heterocycles. The van der Waals surface area contributed by atoms with Crippen LogP contribution in [0.25, 0.3) is 0 Å². The maximum absolute atomic E-state index is 12.8. The Kier molecular flexibility index (Phi) is 6.12. The van der Waals surface area contributed by atoms with Crippen LogP contribution in [0.1, 0.15) is 57.2 Å². The van der Waals surface area contributed by atoms with Crippen LogP contribution in [0.3, 0.4) is 0 Å². The predicted octanol–water partition coefficient (Wildman–Crippen LogP) is 4.45. The zero-order chi connectivity index (χ0) is 19.5. The fraction of sp³-hybridized carbons (Fsp3) is 0.565. The zero-order valence-electron chi connectivity index (χ0n) is 17.1. The van der Waals surface area contributed by atoms with Crippen molar-refractivity contribution in [1.82, 2.24) is 14.8 Å². The average molecular weight is 398 g/mol. The van der Waals surface area contributed by atoms with Gasteiger partial charge in [-0.2, -0.15) is 0 Å². The molecule has 0 N–H and O–H groups in total. The first-order valence-corrected chi connectivity index (χ1v) is 11.4. The number of hydrogen-bond donors (Lipinski definition) is 0. The van der Waals surface area contributed by atoms with Crippen molar-refractivity contribution in [2.24, 2.45) is 5.92 Å². The zero-order valence-corrected chi connectivity index (χ0v) is 17.9. The summed E-state index contributed by atoms with van der Waals surface area (Å²) >= 11 is 1.53. The molecule has 4 rings (SSSR count). The van der Waals surface area contributed by atoms with E-state index < -0.39 is 0 Å². The molecule has 0 aliphatic carbocycles. The lowest BCUT2D eigenvalue weighted by atomic mass is 9.90. The number of amides is 1. The molecule has 0 atom stereocenters. The third-order valence-electron chi connectivity index (χ3n) is 6.15. The molecule has 4 nitrogen and oxygen atoms in total. The Hall–Kier alpha value is -1.72. The number of rotatable bonds is 5. The van der Waals surface area contributed by atoms with Crippen molar-refractivity contribution < 1.29 is 4.79 Å². The van der Waals surface area contributed by atoms with E-state index in [-0.39, 0.29) is 5.91 Å². The van der Waals surface area contributed by atoms with Gasteiger partial charge >= 0.3 is 0 Å². The fourth-order valence-corrected chi connectivity index (χ4v) is 5.41. The molecule has 2 fully saturated rings. The lowest BCUT2D eigenvalue weighted by molar-refractivity contribution is 0.0694. The lowest BCUT2D eigenvalue weighted by Crippen LogP contribution is -2.38. The van der Waals surface area contributed by atoms with Gasteiger partial charge in [-0.3, -0.25) is 9.69 Å². The highest BCUT2D eigenvalue weighted by atomic mass is 32.1. The summed E-state index contributed by atoms with van der Waals surface area (Å²) in [5.41, 5.74) is 3.74. The van der Waals surface area contributed by atoms with Crippen molar-refractivity contribution >= 4 is 17.2 Å². The number of carbonyl (C=O) groups excluding carboxylic acids is 1. The standard InChI is InChI=1S/C23H31N3OS/c1-17-22(28-18(2)24-17)23(27)26-13-9-20(10-14-26)15-19-5-7-21(8-6-19)16-25-11-3-4-12-25/h5-8,20H,3-4,9-16H2,1-2H3. The summed E-state index contributed by atoms with van der Waals surface area (Å²) in [4.78, 5) is 22.6. The number of carbonyl (C=O) groups is 1. The van der Waals surface area contributed by atoms with E-state index >= 15 is 0 Å². The van der Waals surface area contributed by atoms with E-state index in [1.165, 1.54) is 48.4 Å². The van der Waals surface area contributed by atoms with Gasteiger partial charge in [0.1, 0.15) is 4.88 Å². The van der Waals surface area contributed by atoms with E-state index in [1.807, 2.05) is 18.7 Å². The minimum atomic E-state index is 0.174. The summed E-state index contributed by atoms with van der Waals surface area (Å²) in [6.45, 7) is 9.24. The van der Waals surface area contributed by atoms with Crippen molar-refractivity contribution in [3.63, 3.8) is 0 Å². The van der Waals surface area contributed by atoms with E-state index in [0.717, 1.165) is 54.5 Å². The van der Waals surface area contributed by atoms with E-state index in [0.29, 0.717) is 5.92 Å². The van der Waals surface area contributed by atoms with Crippen molar-refractivity contribution in [1.29, 1.82) is 0 Å². The molecule has 0 bridgehead atoms. The number of hydrogen-bond acceptors (Lipinski definition) is 4. The molecule has 5 heteroatoms. The van der Waals surface area contributed by atoms with Gasteiger partial charge in [0.05, 0.1) is 10.7 Å². The number of benzene rings is 1. The fourth-order valence-electron chi connectivity index (χ4n) is 4.53. The normalized spacial score (nSPS) is 18.7. The Morgan fingerprint density at radius 2 is 1.68 bits per heavy atom. The van der Waals surface area contributed by atoms with Crippen LogP contribution in [0.15, 0.2) is 24.3 Å². The van der Waals surface area contributed by atoms with E-state index in [1.54, 1.807) is 0 Å². The monoisotopic (exact) mass is 397 g/mol. The average Bonchev–Trinajstić information content (AvgIpc) is 3.32. The summed E-state index contributed by atoms with van der Waals surface area (Å²) in [7, 11) is 0. The minimum Gasteiger partial charge on any atom is -0.338 e. The number of aryl methyl sites for hydroxylation is 2. The highest BCUT2D eigenvalue weighted by Gasteiger charge is 2.26. The number of nitrogens with zero attached hydrogens (tertiary/aromatic N) is 3. The Morgan fingerprint density at radius 3 is 2.29 bits per heavy atom. The molecular formula is C23H31N3OS. The van der Waals surface area contributed by atoms with E-state index in [2.05, 4.69) is 34.1 Å². The summed E-state index contributed by atoms with van der Waals surface area (Å²) in [6.07, 6.45) is 6.02. The van der Waals surface area contributed by atoms with Gasteiger partial charge in [0, 0.05) is 19.6 Å². The van der Waals surface area contributed by atoms with Gasteiger partial charge in [-0.05, 0) is 76.1 Å². The van der Waals surface area contributed by atoms with Gasteiger partial charge < -0.3 is 4.90 Å². The molecule has 1 aromatic carbocycles. The van der Waals surface area contributed by atoms with Crippen LogP contribution in [0.2, 0.25) is 0 Å². The smallest absolute Gasteiger partial charge is 0.265 e. The topological polar surface area (TPSA) is 36.4 Å². The second kappa shape index (κ2) is 8.75. The number of likely N-dealkylation sites (tertiary alicyclic amines) is 2. The van der Waals surface area contributed by atoms with Gasteiger partial charge in [0.2, 0.25) is 0 Å². The first-order chi connectivity index (χ1) is 13.6. The van der Waals surface area contributed by atoms with Crippen LogP contribution in [0, 0.1) is 19.8 Å². The van der Waals surface area contributed by atoms with Crippen LogP contribution in [-0.2, 0) is 13.0 Å². The number of aromatic nitrogens is 1. The van der Waals surface area contributed by atoms with Crippen molar-refractivity contribution in [3.8, 4) is 0 Å². The number of piperidine rings is 1. The third kappa shape index (κ3) is 4.64. The van der Waals surface area contributed by atoms with Crippen LogP contribution in [0.4, 0.5) is 0 Å². The second-order valence-electron chi connectivity index (χ2n) is 8.39. The first-order valence-electron chi connectivity index (χ1n) is 10.6. The van der Waals surface area contributed by atoms with Crippen LogP contribution in [-0.4, -0.2) is 46.9 Å². The predicted molar refractivity (Wildman–Crippen MR) is 115 cm³/mol. The summed E-state index contributed by atoms with van der Waals surface area (Å²) in [5.74, 6) is 0.852. The Morgan fingerprint density at radius 1 is 1.04 bits per heavy atom. The van der Waals surface area contributed by atoms with Crippen LogP contribution in [0.5, 0.6) is 0 Å².